The third kappa shape index (κ3) is 3.52. The number of benzene rings is 1. The monoisotopic (exact) mass is 272 g/mol. The molecule has 0 bridgehead atoms. The Kier molecular flexibility index (Phi) is 4.65. The largest absolute Gasteiger partial charge is 0.495 e. The lowest BCUT2D eigenvalue weighted by atomic mass is 10.1. The first kappa shape index (κ1) is 14.4. The Morgan fingerprint density at radius 2 is 2.30 bits per heavy atom. The summed E-state index contributed by atoms with van der Waals surface area (Å²) < 4.78 is 5.23. The fourth-order valence-corrected chi connectivity index (χ4v) is 2.10. The number of hydrogen-bond acceptors (Lipinski definition) is 3. The molecule has 4 heteroatoms. The first-order chi connectivity index (χ1) is 9.65. The average molecular weight is 272 g/mol. The van der Waals surface area contributed by atoms with E-state index in [1.807, 2.05) is 6.92 Å². The molecular formula is C16H20N2O2. The van der Waals surface area contributed by atoms with E-state index in [0.29, 0.717) is 22.8 Å². The molecule has 3 N–H and O–H groups in total. The number of nitrogens with one attached hydrogen (secondary N) is 1. The second-order valence-electron chi connectivity index (χ2n) is 5.02. The zero-order valence-corrected chi connectivity index (χ0v) is 11.9. The number of nitrogens with two attached hydrogens (primary N) is 1. The topological polar surface area (TPSA) is 64.3 Å². The normalized spacial score (nSPS) is 14.9. The molecular weight excluding hydrogens is 252 g/mol. The number of hydrogen-bond donors (Lipinski definition) is 2. The van der Waals surface area contributed by atoms with Crippen LogP contribution in [-0.4, -0.2) is 25.6 Å². The Labute approximate surface area is 119 Å². The van der Waals surface area contributed by atoms with Gasteiger partial charge in [-0.15, -0.1) is 0 Å². The van der Waals surface area contributed by atoms with Crippen molar-refractivity contribution in [2.24, 2.45) is 11.7 Å². The SMILES string of the molecule is COc1ccc(C(=O)NC(C)C2CC2)cc1C#CCN. The summed E-state index contributed by atoms with van der Waals surface area (Å²) in [7, 11) is 1.58. The first-order valence-electron chi connectivity index (χ1n) is 6.83. The summed E-state index contributed by atoms with van der Waals surface area (Å²) in [6, 6.07) is 5.48. The van der Waals surface area contributed by atoms with Gasteiger partial charge in [-0.05, 0) is 43.9 Å². The van der Waals surface area contributed by atoms with Crippen LogP contribution in [0.1, 0.15) is 35.7 Å². The lowest BCUT2D eigenvalue weighted by molar-refractivity contribution is 0.0936. The van der Waals surface area contributed by atoms with Crippen LogP contribution in [-0.2, 0) is 0 Å². The van der Waals surface area contributed by atoms with Crippen LogP contribution in [0.15, 0.2) is 18.2 Å². The Hall–Kier alpha value is -1.99. The molecule has 0 aliphatic heterocycles. The molecule has 1 atom stereocenters. The summed E-state index contributed by atoms with van der Waals surface area (Å²) in [4.78, 5) is 12.2. The van der Waals surface area contributed by atoms with Gasteiger partial charge in [-0.1, -0.05) is 11.8 Å². The van der Waals surface area contributed by atoms with E-state index in [9.17, 15) is 4.79 Å². The van der Waals surface area contributed by atoms with E-state index >= 15 is 0 Å². The highest BCUT2D eigenvalue weighted by Gasteiger charge is 2.29. The van der Waals surface area contributed by atoms with Crippen LogP contribution in [0.3, 0.4) is 0 Å². The van der Waals surface area contributed by atoms with Gasteiger partial charge in [0, 0.05) is 11.6 Å². The van der Waals surface area contributed by atoms with Gasteiger partial charge in [-0.2, -0.15) is 0 Å². The highest BCUT2D eigenvalue weighted by Crippen LogP contribution is 2.32. The van der Waals surface area contributed by atoms with Crippen molar-refractivity contribution in [3.05, 3.63) is 29.3 Å². The summed E-state index contributed by atoms with van der Waals surface area (Å²) in [5.41, 5.74) is 6.66. The van der Waals surface area contributed by atoms with Gasteiger partial charge < -0.3 is 15.8 Å². The maximum atomic E-state index is 12.2. The molecule has 1 aliphatic carbocycles. The summed E-state index contributed by atoms with van der Waals surface area (Å²) in [5, 5.41) is 3.03. The molecule has 0 aromatic heterocycles. The molecule has 0 saturated heterocycles. The van der Waals surface area contributed by atoms with Gasteiger partial charge in [-0.3, -0.25) is 4.79 Å². The predicted octanol–water partition coefficient (Wildman–Crippen LogP) is 1.53. The number of rotatable bonds is 4. The minimum Gasteiger partial charge on any atom is -0.495 e. The lowest BCUT2D eigenvalue weighted by Crippen LogP contribution is -2.34. The third-order valence-electron chi connectivity index (χ3n) is 3.47. The number of ether oxygens (including phenoxy) is 1. The van der Waals surface area contributed by atoms with Crippen LogP contribution in [0.2, 0.25) is 0 Å². The molecule has 1 amide bonds. The van der Waals surface area contributed by atoms with E-state index in [0.717, 1.165) is 0 Å². The van der Waals surface area contributed by atoms with Crippen LogP contribution >= 0.6 is 0 Å². The average Bonchev–Trinajstić information content (AvgIpc) is 3.29. The highest BCUT2D eigenvalue weighted by molar-refractivity contribution is 5.95. The van der Waals surface area contributed by atoms with Crippen molar-refractivity contribution in [1.29, 1.82) is 0 Å². The fraction of sp³-hybridized carbons (Fsp3) is 0.438. The molecule has 0 radical (unpaired) electrons. The van der Waals surface area contributed by atoms with Gasteiger partial charge in [0.05, 0.1) is 19.2 Å². The Balaban J connectivity index is 2.16. The zero-order chi connectivity index (χ0) is 14.5. The van der Waals surface area contributed by atoms with Crippen molar-refractivity contribution >= 4 is 5.91 Å². The van der Waals surface area contributed by atoms with E-state index in [1.165, 1.54) is 12.8 Å². The minimum atomic E-state index is -0.0668. The van der Waals surface area contributed by atoms with Crippen LogP contribution in [0.5, 0.6) is 5.75 Å². The van der Waals surface area contributed by atoms with E-state index in [1.54, 1.807) is 25.3 Å². The predicted molar refractivity (Wildman–Crippen MR) is 78.6 cm³/mol. The number of carbonyl (C=O) groups excluding carboxylic acids is 1. The molecule has 4 nitrogen and oxygen atoms in total. The Morgan fingerprint density at radius 3 is 2.90 bits per heavy atom. The van der Waals surface area contributed by atoms with Crippen molar-refractivity contribution in [1.82, 2.24) is 5.32 Å². The quantitative estimate of drug-likeness (QED) is 0.817. The fourth-order valence-electron chi connectivity index (χ4n) is 2.10. The molecule has 106 valence electrons. The zero-order valence-electron chi connectivity index (χ0n) is 11.9. The molecule has 1 fully saturated rings. The van der Waals surface area contributed by atoms with Crippen LogP contribution in [0.25, 0.3) is 0 Å². The van der Waals surface area contributed by atoms with Crippen LogP contribution in [0, 0.1) is 17.8 Å². The molecule has 1 saturated carbocycles. The van der Waals surface area contributed by atoms with Gasteiger partial charge in [0.15, 0.2) is 0 Å². The molecule has 20 heavy (non-hydrogen) atoms. The van der Waals surface area contributed by atoms with Gasteiger partial charge in [0.2, 0.25) is 0 Å². The number of carbonyl (C=O) groups is 1. The Bertz CT molecular complexity index is 553. The standard InChI is InChI=1S/C16H20N2O2/c1-11(12-5-6-12)18-16(19)14-7-8-15(20-2)13(10-14)4-3-9-17/h7-8,10-12H,5-6,9,17H2,1-2H3,(H,18,19). The Morgan fingerprint density at radius 1 is 1.55 bits per heavy atom. The molecule has 1 aromatic rings. The molecule has 2 rings (SSSR count). The van der Waals surface area contributed by atoms with E-state index < -0.39 is 0 Å². The minimum absolute atomic E-state index is 0.0668. The van der Waals surface area contributed by atoms with Crippen molar-refractivity contribution in [2.45, 2.75) is 25.8 Å². The number of methoxy groups -OCH3 is 1. The van der Waals surface area contributed by atoms with Crippen molar-refractivity contribution in [3.63, 3.8) is 0 Å². The molecule has 0 heterocycles. The van der Waals surface area contributed by atoms with Crippen molar-refractivity contribution < 1.29 is 9.53 Å². The van der Waals surface area contributed by atoms with Crippen molar-refractivity contribution in [2.75, 3.05) is 13.7 Å². The molecule has 0 spiro atoms. The summed E-state index contributed by atoms with van der Waals surface area (Å²) in [6.45, 7) is 2.33. The molecule has 1 unspecified atom stereocenters. The van der Waals surface area contributed by atoms with Gasteiger partial charge in [0.25, 0.3) is 5.91 Å². The second-order valence-corrected chi connectivity index (χ2v) is 5.02. The van der Waals surface area contributed by atoms with Gasteiger partial charge in [0.1, 0.15) is 5.75 Å². The highest BCUT2D eigenvalue weighted by atomic mass is 16.5. The van der Waals surface area contributed by atoms with E-state index in [4.69, 9.17) is 10.5 Å². The summed E-state index contributed by atoms with van der Waals surface area (Å²) >= 11 is 0. The lowest BCUT2D eigenvalue weighted by Gasteiger charge is -2.13. The maximum Gasteiger partial charge on any atom is 0.251 e. The third-order valence-corrected chi connectivity index (χ3v) is 3.47. The summed E-state index contributed by atoms with van der Waals surface area (Å²) in [6.07, 6.45) is 2.41. The maximum absolute atomic E-state index is 12.2. The van der Waals surface area contributed by atoms with Crippen LogP contribution in [0.4, 0.5) is 0 Å². The van der Waals surface area contributed by atoms with Gasteiger partial charge in [-0.25, -0.2) is 0 Å². The van der Waals surface area contributed by atoms with Crippen LogP contribution < -0.4 is 15.8 Å². The second kappa shape index (κ2) is 6.44. The summed E-state index contributed by atoms with van der Waals surface area (Å²) in [5.74, 6) is 6.92. The van der Waals surface area contributed by atoms with E-state index in [2.05, 4.69) is 17.2 Å². The first-order valence-corrected chi connectivity index (χ1v) is 6.83. The van der Waals surface area contributed by atoms with E-state index in [-0.39, 0.29) is 18.5 Å². The molecule has 1 aromatic carbocycles. The number of amides is 1. The van der Waals surface area contributed by atoms with Crippen molar-refractivity contribution in [3.8, 4) is 17.6 Å². The molecule has 1 aliphatic rings. The smallest absolute Gasteiger partial charge is 0.251 e. The van der Waals surface area contributed by atoms with Gasteiger partial charge >= 0.3 is 0 Å².